The van der Waals surface area contributed by atoms with E-state index in [1.807, 2.05) is 25.1 Å². The van der Waals surface area contributed by atoms with Crippen LogP contribution in [0, 0.1) is 11.8 Å². The highest BCUT2D eigenvalue weighted by Gasteiger charge is 2.45. The van der Waals surface area contributed by atoms with E-state index in [-0.39, 0.29) is 35.6 Å². The predicted molar refractivity (Wildman–Crippen MR) is 175 cm³/mol. The molecule has 6 rings (SSSR count). The van der Waals surface area contributed by atoms with Crippen molar-refractivity contribution >= 4 is 28.8 Å². The Kier molecular flexibility index (Phi) is 10.1. The van der Waals surface area contributed by atoms with Crippen molar-refractivity contribution in [1.82, 2.24) is 35.7 Å². The number of aromatic nitrogens is 4. The number of aryl methyl sites for hydroxylation is 1. The molecular formula is C35H49N7O4. The zero-order chi connectivity index (χ0) is 32.1. The summed E-state index contributed by atoms with van der Waals surface area (Å²) in [5, 5.41) is 13.6. The number of rotatable bonds is 10. The summed E-state index contributed by atoms with van der Waals surface area (Å²) in [5.41, 5.74) is 2.20. The van der Waals surface area contributed by atoms with Crippen LogP contribution in [0.5, 0.6) is 0 Å². The number of imidazole rings is 1. The molecule has 1 aromatic carbocycles. The van der Waals surface area contributed by atoms with E-state index in [1.165, 1.54) is 19.3 Å². The minimum atomic E-state index is -0.821. The zero-order valence-corrected chi connectivity index (χ0v) is 27.3. The Bertz CT molecular complexity index is 1510. The number of ether oxygens (including phenoxy) is 1. The summed E-state index contributed by atoms with van der Waals surface area (Å²) < 4.78 is 7.32. The fraction of sp³-hybridized carbons (Fsp3) is 0.629. The first-order valence-corrected chi connectivity index (χ1v) is 17.3. The van der Waals surface area contributed by atoms with Crippen molar-refractivity contribution < 1.29 is 19.1 Å². The van der Waals surface area contributed by atoms with E-state index in [2.05, 4.69) is 26.0 Å². The maximum Gasteiger partial charge on any atom is 0.270 e. The second-order valence-corrected chi connectivity index (χ2v) is 13.5. The van der Waals surface area contributed by atoms with Crippen molar-refractivity contribution in [3.63, 3.8) is 0 Å². The van der Waals surface area contributed by atoms with E-state index in [9.17, 15) is 14.4 Å². The number of hydrogen-bond donors (Lipinski definition) is 4. The summed E-state index contributed by atoms with van der Waals surface area (Å²) in [6.45, 7) is 3.37. The smallest absolute Gasteiger partial charge is 0.270 e. The number of nitrogens with one attached hydrogen (secondary N) is 4. The van der Waals surface area contributed by atoms with Gasteiger partial charge in [0.05, 0.1) is 22.5 Å². The number of amides is 3. The number of hydrogen-bond acceptors (Lipinski definition) is 6. The maximum absolute atomic E-state index is 14.2. The van der Waals surface area contributed by atoms with E-state index in [1.54, 1.807) is 24.0 Å². The molecule has 0 bridgehead atoms. The van der Waals surface area contributed by atoms with Gasteiger partial charge in [0.1, 0.15) is 17.6 Å². The molecule has 3 fully saturated rings. The molecule has 46 heavy (non-hydrogen) atoms. The van der Waals surface area contributed by atoms with Gasteiger partial charge in [-0.3, -0.25) is 19.1 Å². The summed E-state index contributed by atoms with van der Waals surface area (Å²) in [5.74, 6) is 0.762. The lowest BCUT2D eigenvalue weighted by Crippen LogP contribution is -2.58. The second-order valence-electron chi connectivity index (χ2n) is 13.5. The highest BCUT2D eigenvalue weighted by atomic mass is 16.5. The minimum Gasteiger partial charge on any atom is -0.381 e. The van der Waals surface area contributed by atoms with Crippen molar-refractivity contribution in [2.75, 3.05) is 19.8 Å². The molecule has 1 aliphatic heterocycles. The van der Waals surface area contributed by atoms with Crippen LogP contribution < -0.4 is 16.0 Å². The molecule has 2 atom stereocenters. The topological polar surface area (TPSA) is 143 Å². The van der Waals surface area contributed by atoms with Gasteiger partial charge in [-0.15, -0.1) is 0 Å². The lowest BCUT2D eigenvalue weighted by molar-refractivity contribution is -0.136. The number of carbonyl (C=O) groups excluding carboxylic acids is 3. The van der Waals surface area contributed by atoms with Crippen LogP contribution in [-0.4, -0.2) is 63.3 Å². The van der Waals surface area contributed by atoms with Gasteiger partial charge >= 0.3 is 0 Å². The van der Waals surface area contributed by atoms with Crippen LogP contribution in [0.2, 0.25) is 0 Å². The van der Waals surface area contributed by atoms with Gasteiger partial charge in [0.25, 0.3) is 5.91 Å². The monoisotopic (exact) mass is 631 g/mol. The average molecular weight is 632 g/mol. The summed E-state index contributed by atoms with van der Waals surface area (Å²) in [7, 11) is 1.77. The summed E-state index contributed by atoms with van der Waals surface area (Å²) in [6.07, 6.45) is 13.6. The highest BCUT2D eigenvalue weighted by Crippen LogP contribution is 2.39. The molecule has 3 heterocycles. The van der Waals surface area contributed by atoms with Crippen molar-refractivity contribution in [1.29, 1.82) is 0 Å². The Morgan fingerprint density at radius 2 is 1.70 bits per heavy atom. The lowest BCUT2D eigenvalue weighted by Gasteiger charge is -2.40. The highest BCUT2D eigenvalue weighted by molar-refractivity contribution is 5.94. The Balaban J connectivity index is 1.31. The molecule has 1 saturated heterocycles. The average Bonchev–Trinajstić information content (AvgIpc) is 3.65. The molecule has 11 nitrogen and oxygen atoms in total. The third kappa shape index (κ3) is 6.70. The Morgan fingerprint density at radius 1 is 0.978 bits per heavy atom. The van der Waals surface area contributed by atoms with E-state index in [0.29, 0.717) is 38.3 Å². The normalized spacial score (nSPS) is 20.6. The molecule has 2 saturated carbocycles. The van der Waals surface area contributed by atoms with Crippen LogP contribution in [0.1, 0.15) is 112 Å². The lowest BCUT2D eigenvalue weighted by atomic mass is 9.72. The Hall–Kier alpha value is -3.73. The molecule has 3 amide bonds. The van der Waals surface area contributed by atoms with Crippen molar-refractivity contribution in [3.8, 4) is 0 Å². The first-order chi connectivity index (χ1) is 22.4. The number of nitrogens with zero attached hydrogens (tertiary/aromatic N) is 3. The van der Waals surface area contributed by atoms with Crippen molar-refractivity contribution in [3.05, 3.63) is 47.5 Å². The van der Waals surface area contributed by atoms with Gasteiger partial charge in [-0.25, -0.2) is 4.98 Å². The Morgan fingerprint density at radius 3 is 2.35 bits per heavy atom. The number of carbonyl (C=O) groups is 3. The quantitative estimate of drug-likeness (QED) is 0.258. The SMILES string of the molecule is CCNC(=O)[C@H](NC(=O)C1(c2ccc3nc([C@@H](NC(=O)c4ccnn4C)C4CCCCCCC4)[nH]c3c2)CCOCC1)C1CCC1. The van der Waals surface area contributed by atoms with E-state index >= 15 is 0 Å². The first-order valence-electron chi connectivity index (χ1n) is 17.3. The van der Waals surface area contributed by atoms with Crippen LogP contribution in [0.25, 0.3) is 11.0 Å². The van der Waals surface area contributed by atoms with Crippen LogP contribution in [-0.2, 0) is 26.8 Å². The molecule has 11 heteroatoms. The molecule has 0 spiro atoms. The van der Waals surface area contributed by atoms with E-state index in [0.717, 1.165) is 67.4 Å². The third-order valence-corrected chi connectivity index (χ3v) is 10.6. The summed E-state index contributed by atoms with van der Waals surface area (Å²) in [4.78, 5) is 49.3. The largest absolute Gasteiger partial charge is 0.381 e. The molecule has 3 aliphatic rings. The van der Waals surface area contributed by atoms with Gasteiger partial charge in [-0.2, -0.15) is 5.10 Å². The number of benzene rings is 1. The van der Waals surface area contributed by atoms with Gasteiger partial charge in [0.15, 0.2) is 0 Å². The zero-order valence-electron chi connectivity index (χ0n) is 27.3. The van der Waals surface area contributed by atoms with Gasteiger partial charge in [0.2, 0.25) is 11.8 Å². The van der Waals surface area contributed by atoms with Crippen molar-refractivity contribution in [2.45, 2.75) is 101 Å². The minimum absolute atomic E-state index is 0.107. The van der Waals surface area contributed by atoms with Crippen LogP contribution >= 0.6 is 0 Å². The third-order valence-electron chi connectivity index (χ3n) is 10.6. The molecule has 0 unspecified atom stereocenters. The first kappa shape index (κ1) is 32.2. The summed E-state index contributed by atoms with van der Waals surface area (Å²) in [6, 6.07) is 6.93. The molecule has 2 aromatic heterocycles. The summed E-state index contributed by atoms with van der Waals surface area (Å²) >= 11 is 0. The molecule has 0 radical (unpaired) electrons. The standard InChI is InChI=1S/C35H49N7O4/c1-3-36-33(44)30(24-12-9-13-24)41-34(45)35(17-20-46-21-18-35)25-14-15-26-27(22-25)39-31(38-26)29(23-10-7-5-4-6-8-11-23)40-32(43)28-16-19-37-42(28)2/h14-16,19,22-24,29-30H,3-13,17-18,20-21H2,1-2H3,(H,36,44)(H,38,39)(H,40,43)(H,41,45)/t29-,30+/m0/s1. The number of aromatic amines is 1. The van der Waals surface area contributed by atoms with Crippen LogP contribution in [0.4, 0.5) is 0 Å². The van der Waals surface area contributed by atoms with Crippen molar-refractivity contribution in [2.24, 2.45) is 18.9 Å². The van der Waals surface area contributed by atoms with E-state index in [4.69, 9.17) is 9.72 Å². The molecular weight excluding hydrogens is 582 g/mol. The maximum atomic E-state index is 14.2. The van der Waals surface area contributed by atoms with E-state index < -0.39 is 11.5 Å². The van der Waals surface area contributed by atoms with Crippen LogP contribution in [0.15, 0.2) is 30.5 Å². The van der Waals surface area contributed by atoms with Crippen LogP contribution in [0.3, 0.4) is 0 Å². The molecule has 3 aromatic rings. The predicted octanol–water partition coefficient (Wildman–Crippen LogP) is 4.60. The number of H-pyrrole nitrogens is 1. The van der Waals surface area contributed by atoms with Gasteiger partial charge in [0, 0.05) is 33.0 Å². The molecule has 248 valence electrons. The second kappa shape index (κ2) is 14.4. The van der Waals surface area contributed by atoms with Gasteiger partial charge in [-0.1, -0.05) is 44.6 Å². The molecule has 2 aliphatic carbocycles. The number of fused-ring (bicyclic) bond motifs is 1. The van der Waals surface area contributed by atoms with Gasteiger partial charge in [-0.05, 0) is 81.0 Å². The molecule has 4 N–H and O–H groups in total. The fourth-order valence-electron chi connectivity index (χ4n) is 7.62. The fourth-order valence-corrected chi connectivity index (χ4v) is 7.62. The number of likely N-dealkylation sites (N-methyl/N-ethyl adjacent to an activating group) is 1. The Labute approximate surface area is 271 Å². The van der Waals surface area contributed by atoms with Gasteiger partial charge < -0.3 is 25.7 Å².